The van der Waals surface area contributed by atoms with Gasteiger partial charge in [0, 0.05) is 43.4 Å². The highest BCUT2D eigenvalue weighted by Gasteiger charge is 2.13. The van der Waals surface area contributed by atoms with Crippen LogP contribution in [0.25, 0.3) is 10.8 Å². The highest BCUT2D eigenvalue weighted by molar-refractivity contribution is 5.98. The Labute approximate surface area is 120 Å². The molecule has 0 saturated heterocycles. The third kappa shape index (κ3) is 3.20. The lowest BCUT2D eigenvalue weighted by Gasteiger charge is -2.28. The summed E-state index contributed by atoms with van der Waals surface area (Å²) in [7, 11) is 1.73. The van der Waals surface area contributed by atoms with E-state index in [1.807, 2.05) is 12.3 Å². The van der Waals surface area contributed by atoms with Crippen molar-refractivity contribution in [1.29, 1.82) is 0 Å². The van der Waals surface area contributed by atoms with Crippen LogP contribution in [0.3, 0.4) is 0 Å². The first-order valence-corrected chi connectivity index (χ1v) is 6.99. The van der Waals surface area contributed by atoms with Crippen LogP contribution in [0.4, 0.5) is 11.4 Å². The Balaban J connectivity index is 2.39. The summed E-state index contributed by atoms with van der Waals surface area (Å²) >= 11 is 0. The summed E-state index contributed by atoms with van der Waals surface area (Å²) in [5.74, 6) is 0.569. The van der Waals surface area contributed by atoms with Crippen molar-refractivity contribution in [2.45, 2.75) is 13.8 Å². The van der Waals surface area contributed by atoms with Gasteiger partial charge in [-0.25, -0.2) is 0 Å². The van der Waals surface area contributed by atoms with Crippen molar-refractivity contribution >= 4 is 22.1 Å². The lowest BCUT2D eigenvalue weighted by atomic mass is 10.1. The van der Waals surface area contributed by atoms with E-state index in [9.17, 15) is 0 Å². The molecule has 20 heavy (non-hydrogen) atoms. The zero-order valence-electron chi connectivity index (χ0n) is 12.5. The molecular weight excluding hydrogens is 250 g/mol. The molecule has 0 atom stereocenters. The van der Waals surface area contributed by atoms with E-state index in [2.05, 4.69) is 35.9 Å². The summed E-state index contributed by atoms with van der Waals surface area (Å²) in [5, 5.41) is 2.13. The number of nitrogen functional groups attached to an aromatic ring is 1. The summed E-state index contributed by atoms with van der Waals surface area (Å²) in [4.78, 5) is 6.43. The molecule has 0 amide bonds. The number of pyridine rings is 1. The van der Waals surface area contributed by atoms with Gasteiger partial charge >= 0.3 is 0 Å². The molecule has 1 aromatic carbocycles. The van der Waals surface area contributed by atoms with Crippen LogP contribution in [0.2, 0.25) is 0 Å². The first-order chi connectivity index (χ1) is 9.63. The summed E-state index contributed by atoms with van der Waals surface area (Å²) in [6.07, 6.45) is 3.63. The van der Waals surface area contributed by atoms with Crippen LogP contribution < -0.4 is 10.6 Å². The van der Waals surface area contributed by atoms with Crippen LogP contribution in [0.5, 0.6) is 0 Å². The minimum Gasteiger partial charge on any atom is -0.397 e. The summed E-state index contributed by atoms with van der Waals surface area (Å²) in [5.41, 5.74) is 8.26. The SMILES string of the molecule is COCCN(CC(C)C)c1ccc2cnccc2c1N. The third-order valence-corrected chi connectivity index (χ3v) is 3.33. The Bertz CT molecular complexity index is 569. The highest BCUT2D eigenvalue weighted by atomic mass is 16.5. The average Bonchev–Trinajstić information content (AvgIpc) is 2.44. The van der Waals surface area contributed by atoms with Crippen molar-refractivity contribution in [3.63, 3.8) is 0 Å². The van der Waals surface area contributed by atoms with Gasteiger partial charge in [-0.05, 0) is 18.1 Å². The van der Waals surface area contributed by atoms with Crippen LogP contribution in [0.15, 0.2) is 30.6 Å². The van der Waals surface area contributed by atoms with Crippen molar-refractivity contribution in [2.75, 3.05) is 37.4 Å². The minimum absolute atomic E-state index is 0.569. The molecule has 0 spiro atoms. The fourth-order valence-corrected chi connectivity index (χ4v) is 2.41. The van der Waals surface area contributed by atoms with Gasteiger partial charge in [-0.1, -0.05) is 19.9 Å². The maximum absolute atomic E-state index is 6.36. The van der Waals surface area contributed by atoms with Gasteiger partial charge in [-0.2, -0.15) is 0 Å². The monoisotopic (exact) mass is 273 g/mol. The van der Waals surface area contributed by atoms with Gasteiger partial charge in [-0.3, -0.25) is 4.98 Å². The standard InChI is InChI=1S/C16H23N3O/c1-12(2)11-19(8-9-20-3)15-5-4-13-10-18-7-6-14(13)16(15)17/h4-7,10,12H,8-9,11,17H2,1-3H3. The Kier molecular flexibility index (Phi) is 4.79. The number of hydrogen-bond acceptors (Lipinski definition) is 4. The van der Waals surface area contributed by atoms with E-state index in [-0.39, 0.29) is 0 Å². The van der Waals surface area contributed by atoms with Crippen molar-refractivity contribution in [3.8, 4) is 0 Å². The zero-order chi connectivity index (χ0) is 14.5. The molecule has 0 bridgehead atoms. The Morgan fingerprint density at radius 1 is 1.30 bits per heavy atom. The van der Waals surface area contributed by atoms with Crippen molar-refractivity contribution in [2.24, 2.45) is 5.92 Å². The fourth-order valence-electron chi connectivity index (χ4n) is 2.41. The summed E-state index contributed by atoms with van der Waals surface area (Å²) in [6, 6.07) is 6.13. The van der Waals surface area contributed by atoms with E-state index in [1.54, 1.807) is 13.3 Å². The number of fused-ring (bicyclic) bond motifs is 1. The molecule has 0 radical (unpaired) electrons. The second-order valence-electron chi connectivity index (χ2n) is 5.43. The smallest absolute Gasteiger partial charge is 0.0637 e. The van der Waals surface area contributed by atoms with Gasteiger partial charge in [0.25, 0.3) is 0 Å². The Morgan fingerprint density at radius 3 is 2.80 bits per heavy atom. The van der Waals surface area contributed by atoms with Crippen molar-refractivity contribution in [3.05, 3.63) is 30.6 Å². The van der Waals surface area contributed by atoms with E-state index in [0.29, 0.717) is 12.5 Å². The van der Waals surface area contributed by atoms with Gasteiger partial charge in [0.15, 0.2) is 0 Å². The number of ether oxygens (including phenoxy) is 1. The van der Waals surface area contributed by atoms with Gasteiger partial charge in [0.05, 0.1) is 18.0 Å². The number of benzene rings is 1. The second-order valence-corrected chi connectivity index (χ2v) is 5.43. The lowest BCUT2D eigenvalue weighted by molar-refractivity contribution is 0.204. The summed E-state index contributed by atoms with van der Waals surface area (Å²) in [6.45, 7) is 6.92. The normalized spacial score (nSPS) is 11.2. The molecule has 4 heteroatoms. The lowest BCUT2D eigenvalue weighted by Crippen LogP contribution is -2.31. The second kappa shape index (κ2) is 6.57. The fraction of sp³-hybridized carbons (Fsp3) is 0.438. The largest absolute Gasteiger partial charge is 0.397 e. The summed E-state index contributed by atoms with van der Waals surface area (Å²) < 4.78 is 5.21. The third-order valence-electron chi connectivity index (χ3n) is 3.33. The molecular formula is C16H23N3O. The van der Waals surface area contributed by atoms with Crippen LogP contribution >= 0.6 is 0 Å². The zero-order valence-corrected chi connectivity index (χ0v) is 12.5. The van der Waals surface area contributed by atoms with Gasteiger partial charge in [-0.15, -0.1) is 0 Å². The first-order valence-electron chi connectivity index (χ1n) is 6.99. The topological polar surface area (TPSA) is 51.4 Å². The Morgan fingerprint density at radius 2 is 2.10 bits per heavy atom. The Hall–Kier alpha value is -1.81. The quantitative estimate of drug-likeness (QED) is 0.822. The van der Waals surface area contributed by atoms with E-state index in [4.69, 9.17) is 10.5 Å². The molecule has 4 nitrogen and oxygen atoms in total. The first kappa shape index (κ1) is 14.6. The molecule has 0 aliphatic heterocycles. The van der Waals surface area contributed by atoms with Crippen molar-refractivity contribution < 1.29 is 4.74 Å². The average molecular weight is 273 g/mol. The van der Waals surface area contributed by atoms with E-state index in [0.717, 1.165) is 35.2 Å². The molecule has 1 heterocycles. The molecule has 0 aliphatic rings. The number of hydrogen-bond donors (Lipinski definition) is 1. The number of aromatic nitrogens is 1. The maximum atomic E-state index is 6.36. The van der Waals surface area contributed by atoms with E-state index >= 15 is 0 Å². The number of nitrogens with zero attached hydrogens (tertiary/aromatic N) is 2. The molecule has 1 aromatic heterocycles. The van der Waals surface area contributed by atoms with Gasteiger partial charge in [0.1, 0.15) is 0 Å². The number of anilines is 2. The predicted octanol–water partition coefficient (Wildman–Crippen LogP) is 2.93. The molecule has 108 valence electrons. The molecule has 2 N–H and O–H groups in total. The van der Waals surface area contributed by atoms with E-state index < -0.39 is 0 Å². The van der Waals surface area contributed by atoms with Gasteiger partial charge in [0.2, 0.25) is 0 Å². The van der Waals surface area contributed by atoms with Crippen LogP contribution in [0, 0.1) is 5.92 Å². The molecule has 0 unspecified atom stereocenters. The molecule has 0 aliphatic carbocycles. The number of methoxy groups -OCH3 is 1. The van der Waals surface area contributed by atoms with Crippen LogP contribution in [-0.2, 0) is 4.74 Å². The predicted molar refractivity (Wildman–Crippen MR) is 85.1 cm³/mol. The molecule has 2 aromatic rings. The van der Waals surface area contributed by atoms with Crippen LogP contribution in [-0.4, -0.2) is 31.8 Å². The molecule has 0 saturated carbocycles. The molecule has 2 rings (SSSR count). The highest BCUT2D eigenvalue weighted by Crippen LogP contribution is 2.31. The van der Waals surface area contributed by atoms with Gasteiger partial charge < -0.3 is 15.4 Å². The van der Waals surface area contributed by atoms with E-state index in [1.165, 1.54) is 0 Å². The van der Waals surface area contributed by atoms with Crippen LogP contribution in [0.1, 0.15) is 13.8 Å². The minimum atomic E-state index is 0.569. The maximum Gasteiger partial charge on any atom is 0.0637 e. The number of nitrogens with two attached hydrogens (primary N) is 1. The molecule has 0 fully saturated rings. The number of rotatable bonds is 6. The van der Waals surface area contributed by atoms with Crippen molar-refractivity contribution in [1.82, 2.24) is 4.98 Å².